The summed E-state index contributed by atoms with van der Waals surface area (Å²) in [4.78, 5) is 22.1. The van der Waals surface area contributed by atoms with Gasteiger partial charge >= 0.3 is 13.8 Å². The maximum Gasteiger partial charge on any atom is 0.472 e. The average molecular weight is 639 g/mol. The Morgan fingerprint density at radius 1 is 0.727 bits per heavy atom. The third kappa shape index (κ3) is 31.4. The van der Waals surface area contributed by atoms with Crippen molar-refractivity contribution in [1.82, 2.24) is 0 Å². The van der Waals surface area contributed by atoms with E-state index < -0.39 is 13.9 Å². The zero-order valence-corrected chi connectivity index (χ0v) is 29.0. The van der Waals surface area contributed by atoms with Gasteiger partial charge in [-0.2, -0.15) is 0 Å². The lowest BCUT2D eigenvalue weighted by molar-refractivity contribution is -0.870. The standard InChI is InChI=1S/C35H60NO7P/c1-6-8-10-11-12-13-14-15-16-17-18-19-20-21-22-23-24-25-26-27-30-40-32-34(43-35(37)28-9-7-2)33-42-44(38,39)41-31-29-36(3,4)5/h8,10,12-13,15-16,18-19,21-22,24-25,34H,6-7,9,11,14,17,20,23,26-33H2,1-5H3/p+1/b10-8-,13-12-,16-15-,19-18-,22-21-,25-24-. The molecule has 0 aliphatic heterocycles. The molecular weight excluding hydrogens is 577 g/mol. The predicted molar refractivity (Wildman–Crippen MR) is 182 cm³/mol. The van der Waals surface area contributed by atoms with E-state index in [1.807, 2.05) is 28.1 Å². The summed E-state index contributed by atoms with van der Waals surface area (Å²) in [6.45, 7) is 5.04. The lowest BCUT2D eigenvalue weighted by Crippen LogP contribution is -2.37. The Bertz CT molecular complexity index is 932. The van der Waals surface area contributed by atoms with Crippen LogP contribution in [0.2, 0.25) is 0 Å². The van der Waals surface area contributed by atoms with E-state index in [9.17, 15) is 14.3 Å². The molecule has 0 heterocycles. The van der Waals surface area contributed by atoms with Crippen molar-refractivity contribution in [3.8, 4) is 0 Å². The van der Waals surface area contributed by atoms with E-state index >= 15 is 0 Å². The first-order valence-electron chi connectivity index (χ1n) is 16.2. The van der Waals surface area contributed by atoms with Crippen LogP contribution in [0.15, 0.2) is 72.9 Å². The van der Waals surface area contributed by atoms with Crippen LogP contribution in [0.5, 0.6) is 0 Å². The summed E-state index contributed by atoms with van der Waals surface area (Å²) >= 11 is 0. The third-order valence-corrected chi connectivity index (χ3v) is 7.02. The molecule has 44 heavy (non-hydrogen) atoms. The Morgan fingerprint density at radius 3 is 1.75 bits per heavy atom. The number of likely N-dealkylation sites (N-methyl/N-ethyl adjacent to an activating group) is 1. The maximum atomic E-state index is 12.2. The molecule has 8 nitrogen and oxygen atoms in total. The van der Waals surface area contributed by atoms with Crippen LogP contribution in [0.3, 0.4) is 0 Å². The minimum absolute atomic E-state index is 0.0727. The van der Waals surface area contributed by atoms with E-state index in [0.717, 1.165) is 57.8 Å². The lowest BCUT2D eigenvalue weighted by atomic mass is 10.2. The van der Waals surface area contributed by atoms with Crippen molar-refractivity contribution in [1.29, 1.82) is 0 Å². The summed E-state index contributed by atoms with van der Waals surface area (Å²) in [7, 11) is 1.61. The van der Waals surface area contributed by atoms with Gasteiger partial charge in [0.25, 0.3) is 0 Å². The Kier molecular flexibility index (Phi) is 27.1. The second-order valence-corrected chi connectivity index (χ2v) is 12.9. The van der Waals surface area contributed by atoms with E-state index in [1.165, 1.54) is 0 Å². The van der Waals surface area contributed by atoms with Crippen molar-refractivity contribution in [2.75, 3.05) is 54.1 Å². The number of esters is 1. The molecule has 0 spiro atoms. The number of hydrogen-bond acceptors (Lipinski definition) is 6. The molecule has 0 aromatic rings. The van der Waals surface area contributed by atoms with Gasteiger partial charge in [0, 0.05) is 13.0 Å². The van der Waals surface area contributed by atoms with Gasteiger partial charge in [0.05, 0.1) is 34.4 Å². The quantitative estimate of drug-likeness (QED) is 0.0302. The number of phosphoric acid groups is 1. The number of phosphoric ester groups is 1. The molecule has 0 bridgehead atoms. The zero-order valence-electron chi connectivity index (χ0n) is 28.1. The molecule has 0 saturated heterocycles. The smallest absolute Gasteiger partial charge is 0.457 e. The molecule has 0 saturated carbocycles. The number of ether oxygens (including phenoxy) is 2. The highest BCUT2D eigenvalue weighted by Gasteiger charge is 2.26. The van der Waals surface area contributed by atoms with Crippen LogP contribution in [0.25, 0.3) is 0 Å². The second kappa shape index (κ2) is 28.4. The fourth-order valence-electron chi connectivity index (χ4n) is 3.48. The van der Waals surface area contributed by atoms with Crippen molar-refractivity contribution in [2.45, 2.75) is 90.6 Å². The van der Waals surface area contributed by atoms with E-state index in [4.69, 9.17) is 18.5 Å². The summed E-state index contributed by atoms with van der Waals surface area (Å²) in [6.07, 6.45) is 34.8. The number of rotatable bonds is 28. The molecule has 0 aliphatic rings. The first-order valence-corrected chi connectivity index (χ1v) is 17.7. The summed E-state index contributed by atoms with van der Waals surface area (Å²) in [5, 5.41) is 0. The van der Waals surface area contributed by atoms with Gasteiger partial charge in [-0.25, -0.2) is 4.57 Å². The molecule has 0 aliphatic carbocycles. The Labute approximate surface area is 268 Å². The number of hydrogen-bond donors (Lipinski definition) is 1. The SMILES string of the molecule is CC/C=C\C/C=C\C/C=C\C/C=C\C/C=C\C/C=C\CCCOCC(COP(=O)(O)OCC[N+](C)(C)C)OC(=O)CCCC. The molecule has 0 amide bonds. The summed E-state index contributed by atoms with van der Waals surface area (Å²) < 4.78 is 34.1. The van der Waals surface area contributed by atoms with Crippen molar-refractivity contribution in [3.63, 3.8) is 0 Å². The number of unbranched alkanes of at least 4 members (excludes halogenated alkanes) is 2. The van der Waals surface area contributed by atoms with Crippen LogP contribution in [-0.4, -0.2) is 75.6 Å². The summed E-state index contributed by atoms with van der Waals surface area (Å²) in [6, 6.07) is 0. The van der Waals surface area contributed by atoms with E-state index in [-0.39, 0.29) is 32.2 Å². The van der Waals surface area contributed by atoms with Gasteiger partial charge in [0.2, 0.25) is 0 Å². The monoisotopic (exact) mass is 638 g/mol. The largest absolute Gasteiger partial charge is 0.472 e. The van der Waals surface area contributed by atoms with Crippen LogP contribution in [0, 0.1) is 0 Å². The number of allylic oxidation sites excluding steroid dienone is 12. The number of quaternary nitrogens is 1. The minimum Gasteiger partial charge on any atom is -0.457 e. The van der Waals surface area contributed by atoms with E-state index in [1.54, 1.807) is 0 Å². The Balaban J connectivity index is 4.17. The summed E-state index contributed by atoms with van der Waals surface area (Å²) in [5.74, 6) is -0.374. The topological polar surface area (TPSA) is 91.3 Å². The van der Waals surface area contributed by atoms with E-state index in [2.05, 4.69) is 79.8 Å². The van der Waals surface area contributed by atoms with Crippen molar-refractivity contribution >= 4 is 13.8 Å². The molecule has 252 valence electrons. The number of carbonyl (C=O) groups is 1. The summed E-state index contributed by atoms with van der Waals surface area (Å²) in [5.41, 5.74) is 0. The fourth-order valence-corrected chi connectivity index (χ4v) is 4.23. The third-order valence-electron chi connectivity index (χ3n) is 6.03. The number of nitrogens with zero attached hydrogens (tertiary/aromatic N) is 1. The van der Waals surface area contributed by atoms with Crippen molar-refractivity contribution < 1.29 is 37.3 Å². The molecule has 1 N–H and O–H groups in total. The fraction of sp³-hybridized carbons (Fsp3) is 0.629. The van der Waals surface area contributed by atoms with Crippen LogP contribution < -0.4 is 0 Å². The van der Waals surface area contributed by atoms with Gasteiger partial charge in [0.15, 0.2) is 0 Å². The minimum atomic E-state index is -4.26. The van der Waals surface area contributed by atoms with Gasteiger partial charge in [-0.15, -0.1) is 0 Å². The molecule has 0 radical (unpaired) electrons. The Morgan fingerprint density at radius 2 is 1.25 bits per heavy atom. The molecule has 0 aromatic heterocycles. The second-order valence-electron chi connectivity index (χ2n) is 11.5. The first-order chi connectivity index (χ1) is 21.1. The lowest BCUT2D eigenvalue weighted by Gasteiger charge is -2.24. The van der Waals surface area contributed by atoms with Crippen LogP contribution in [0.1, 0.15) is 84.5 Å². The molecular formula is C35H61NO7P+. The normalized spacial score (nSPS) is 15.1. The van der Waals surface area contributed by atoms with Crippen LogP contribution in [0.4, 0.5) is 0 Å². The van der Waals surface area contributed by atoms with Gasteiger partial charge < -0.3 is 18.9 Å². The van der Waals surface area contributed by atoms with Crippen LogP contribution in [-0.2, 0) is 27.9 Å². The molecule has 0 rings (SSSR count). The number of carbonyl (C=O) groups excluding carboxylic acids is 1. The molecule has 2 atom stereocenters. The maximum absolute atomic E-state index is 12.2. The highest BCUT2D eigenvalue weighted by molar-refractivity contribution is 7.47. The van der Waals surface area contributed by atoms with Gasteiger partial charge in [-0.05, 0) is 57.8 Å². The molecule has 0 aromatic carbocycles. The van der Waals surface area contributed by atoms with Crippen molar-refractivity contribution in [2.24, 2.45) is 0 Å². The van der Waals surface area contributed by atoms with Crippen LogP contribution >= 0.6 is 7.82 Å². The highest BCUT2D eigenvalue weighted by atomic mass is 31.2. The molecule has 9 heteroatoms. The first kappa shape index (κ1) is 41.9. The average Bonchev–Trinajstić information content (AvgIpc) is 2.96. The van der Waals surface area contributed by atoms with Gasteiger partial charge in [0.1, 0.15) is 19.3 Å². The Hall–Kier alpha value is -2.06. The van der Waals surface area contributed by atoms with Gasteiger partial charge in [-0.1, -0.05) is 93.2 Å². The molecule has 0 fully saturated rings. The van der Waals surface area contributed by atoms with E-state index in [0.29, 0.717) is 24.1 Å². The predicted octanol–water partition coefficient (Wildman–Crippen LogP) is 8.42. The molecule has 2 unspecified atom stereocenters. The zero-order chi connectivity index (χ0) is 32.8. The van der Waals surface area contributed by atoms with Gasteiger partial charge in [-0.3, -0.25) is 13.8 Å². The van der Waals surface area contributed by atoms with Crippen molar-refractivity contribution in [3.05, 3.63) is 72.9 Å². The highest BCUT2D eigenvalue weighted by Crippen LogP contribution is 2.43.